The molecule has 21 heavy (non-hydrogen) atoms. The molecule has 0 fully saturated rings. The second kappa shape index (κ2) is 6.65. The molecule has 0 saturated heterocycles. The maximum absolute atomic E-state index is 12.6. The normalized spacial score (nSPS) is 29.3. The molecular formula is C17H21F3O. The zero-order chi connectivity index (χ0) is 15.5. The lowest BCUT2D eigenvalue weighted by atomic mass is 9.94. The Kier molecular flexibility index (Phi) is 5.09. The third-order valence-electron chi connectivity index (χ3n) is 3.76. The Hall–Kier alpha value is -1.29. The minimum Gasteiger partial charge on any atom is -0.366 e. The Labute approximate surface area is 123 Å². The number of halogens is 3. The molecule has 2 aliphatic carbocycles. The number of alkyl halides is 3. The maximum atomic E-state index is 12.6. The molecule has 0 aromatic carbocycles. The van der Waals surface area contributed by atoms with Crippen LogP contribution in [-0.4, -0.2) is 18.4 Å². The predicted molar refractivity (Wildman–Crippen MR) is 77.9 cm³/mol. The first kappa shape index (κ1) is 16.1. The van der Waals surface area contributed by atoms with Crippen molar-refractivity contribution in [2.75, 3.05) is 0 Å². The maximum Gasteiger partial charge on any atom is 0.416 e. The Morgan fingerprint density at radius 1 is 1.24 bits per heavy atom. The van der Waals surface area contributed by atoms with Crippen molar-refractivity contribution in [2.45, 2.75) is 51.5 Å². The molecule has 0 aromatic rings. The summed E-state index contributed by atoms with van der Waals surface area (Å²) in [5.74, 6) is -0.277. The van der Waals surface area contributed by atoms with E-state index in [1.807, 2.05) is 6.08 Å². The molecule has 3 unspecified atom stereocenters. The van der Waals surface area contributed by atoms with Gasteiger partial charge in [0.05, 0.1) is 17.8 Å². The summed E-state index contributed by atoms with van der Waals surface area (Å²) in [6.45, 7) is 3.89. The van der Waals surface area contributed by atoms with E-state index in [0.717, 1.165) is 25.3 Å². The van der Waals surface area contributed by atoms with Gasteiger partial charge < -0.3 is 4.74 Å². The standard InChI is InChI=1S/C17H21F3O/c1-3-4-13-5-8-15(9-6-13)21-16-10-7-14(11-12(16)2)17(18,19)20/h5-8,10-12,15-16H,3-4,9H2,1-2H3. The van der Waals surface area contributed by atoms with Crippen molar-refractivity contribution in [3.8, 4) is 0 Å². The summed E-state index contributed by atoms with van der Waals surface area (Å²) < 4.78 is 43.8. The van der Waals surface area contributed by atoms with Crippen molar-refractivity contribution >= 4 is 0 Å². The van der Waals surface area contributed by atoms with E-state index in [0.29, 0.717) is 0 Å². The van der Waals surface area contributed by atoms with Crippen molar-refractivity contribution in [3.05, 3.63) is 47.6 Å². The number of hydrogen-bond donors (Lipinski definition) is 0. The summed E-state index contributed by atoms with van der Waals surface area (Å²) >= 11 is 0. The molecule has 0 bridgehead atoms. The van der Waals surface area contributed by atoms with Crippen LogP contribution in [0.4, 0.5) is 13.2 Å². The van der Waals surface area contributed by atoms with Crippen molar-refractivity contribution < 1.29 is 17.9 Å². The molecule has 116 valence electrons. The third kappa shape index (κ3) is 4.34. The fourth-order valence-corrected chi connectivity index (χ4v) is 2.59. The first-order chi connectivity index (χ1) is 9.90. The molecule has 0 aromatic heterocycles. The van der Waals surface area contributed by atoms with Crippen LogP contribution in [-0.2, 0) is 4.74 Å². The highest BCUT2D eigenvalue weighted by atomic mass is 19.4. The average Bonchev–Trinajstić information content (AvgIpc) is 2.42. The second-order valence-corrected chi connectivity index (χ2v) is 5.60. The van der Waals surface area contributed by atoms with Crippen LogP contribution in [0.15, 0.2) is 47.6 Å². The van der Waals surface area contributed by atoms with Gasteiger partial charge in [0.2, 0.25) is 0 Å². The van der Waals surface area contributed by atoms with Crippen LogP contribution in [0.3, 0.4) is 0 Å². The Bertz CT molecular complexity index is 483. The highest BCUT2D eigenvalue weighted by Crippen LogP contribution is 2.32. The SMILES string of the molecule is CCCC1=CCC(OC2C=CC(C(F)(F)F)=CC2C)C=C1. The molecule has 4 heteroatoms. The van der Waals surface area contributed by atoms with Gasteiger partial charge in [-0.2, -0.15) is 13.2 Å². The highest BCUT2D eigenvalue weighted by molar-refractivity contribution is 5.30. The summed E-state index contributed by atoms with van der Waals surface area (Å²) in [4.78, 5) is 0. The molecule has 2 aliphatic rings. The highest BCUT2D eigenvalue weighted by Gasteiger charge is 2.35. The summed E-state index contributed by atoms with van der Waals surface area (Å²) in [6, 6.07) is 0. The van der Waals surface area contributed by atoms with Crippen LogP contribution < -0.4 is 0 Å². The molecule has 0 radical (unpaired) electrons. The van der Waals surface area contributed by atoms with E-state index in [1.165, 1.54) is 17.7 Å². The van der Waals surface area contributed by atoms with Gasteiger partial charge in [-0.15, -0.1) is 0 Å². The Morgan fingerprint density at radius 2 is 2.00 bits per heavy atom. The number of allylic oxidation sites excluding steroid dienone is 4. The molecule has 0 heterocycles. The van der Waals surface area contributed by atoms with Crippen LogP contribution >= 0.6 is 0 Å². The summed E-state index contributed by atoms with van der Waals surface area (Å²) in [7, 11) is 0. The van der Waals surface area contributed by atoms with E-state index >= 15 is 0 Å². The molecule has 3 atom stereocenters. The van der Waals surface area contributed by atoms with Crippen LogP contribution in [0, 0.1) is 5.92 Å². The van der Waals surface area contributed by atoms with Gasteiger partial charge in [-0.05, 0) is 12.8 Å². The van der Waals surface area contributed by atoms with Gasteiger partial charge in [-0.1, -0.05) is 62.3 Å². The lowest BCUT2D eigenvalue weighted by Crippen LogP contribution is -2.28. The van der Waals surface area contributed by atoms with Crippen LogP contribution in [0.25, 0.3) is 0 Å². The second-order valence-electron chi connectivity index (χ2n) is 5.60. The fourth-order valence-electron chi connectivity index (χ4n) is 2.59. The largest absolute Gasteiger partial charge is 0.416 e. The molecular weight excluding hydrogens is 277 g/mol. The first-order valence-corrected chi connectivity index (χ1v) is 7.40. The average molecular weight is 298 g/mol. The monoisotopic (exact) mass is 298 g/mol. The summed E-state index contributed by atoms with van der Waals surface area (Å²) in [5, 5.41) is 0. The predicted octanol–water partition coefficient (Wildman–Crippen LogP) is 5.12. The van der Waals surface area contributed by atoms with E-state index in [-0.39, 0.29) is 18.1 Å². The number of rotatable bonds is 4. The fraction of sp³-hybridized carbons (Fsp3) is 0.529. The van der Waals surface area contributed by atoms with Gasteiger partial charge in [-0.25, -0.2) is 0 Å². The van der Waals surface area contributed by atoms with E-state index < -0.39 is 11.7 Å². The van der Waals surface area contributed by atoms with Crippen molar-refractivity contribution in [3.63, 3.8) is 0 Å². The minimum absolute atomic E-state index is 0.0523. The smallest absolute Gasteiger partial charge is 0.366 e. The van der Waals surface area contributed by atoms with Gasteiger partial charge in [0.15, 0.2) is 0 Å². The van der Waals surface area contributed by atoms with Crippen LogP contribution in [0.1, 0.15) is 33.1 Å². The third-order valence-corrected chi connectivity index (χ3v) is 3.76. The topological polar surface area (TPSA) is 9.23 Å². The zero-order valence-corrected chi connectivity index (χ0v) is 12.4. The molecule has 0 spiro atoms. The molecule has 1 nitrogen and oxygen atoms in total. The van der Waals surface area contributed by atoms with E-state index in [1.54, 1.807) is 6.92 Å². The number of hydrogen-bond acceptors (Lipinski definition) is 1. The van der Waals surface area contributed by atoms with E-state index in [9.17, 15) is 13.2 Å². The number of ether oxygens (including phenoxy) is 1. The molecule has 0 amide bonds. The molecule has 2 rings (SSSR count). The first-order valence-electron chi connectivity index (χ1n) is 7.40. The summed E-state index contributed by atoms with van der Waals surface area (Å²) in [6.07, 6.45) is 8.43. The van der Waals surface area contributed by atoms with Crippen LogP contribution in [0.2, 0.25) is 0 Å². The van der Waals surface area contributed by atoms with Gasteiger partial charge >= 0.3 is 6.18 Å². The molecule has 0 aliphatic heterocycles. The van der Waals surface area contributed by atoms with E-state index in [2.05, 4.69) is 19.1 Å². The molecule has 0 N–H and O–H groups in total. The van der Waals surface area contributed by atoms with Crippen molar-refractivity contribution in [1.29, 1.82) is 0 Å². The lowest BCUT2D eigenvalue weighted by Gasteiger charge is -2.28. The van der Waals surface area contributed by atoms with Gasteiger partial charge in [-0.3, -0.25) is 0 Å². The van der Waals surface area contributed by atoms with Gasteiger partial charge in [0.25, 0.3) is 0 Å². The van der Waals surface area contributed by atoms with Gasteiger partial charge in [0, 0.05) is 5.92 Å². The van der Waals surface area contributed by atoms with Crippen molar-refractivity contribution in [1.82, 2.24) is 0 Å². The zero-order valence-electron chi connectivity index (χ0n) is 12.4. The molecule has 0 saturated carbocycles. The van der Waals surface area contributed by atoms with Crippen LogP contribution in [0.5, 0.6) is 0 Å². The Balaban J connectivity index is 1.91. The minimum atomic E-state index is -4.28. The Morgan fingerprint density at radius 3 is 2.52 bits per heavy atom. The quantitative estimate of drug-likeness (QED) is 0.700. The van der Waals surface area contributed by atoms with Gasteiger partial charge in [0.1, 0.15) is 0 Å². The van der Waals surface area contributed by atoms with E-state index in [4.69, 9.17) is 4.74 Å². The lowest BCUT2D eigenvalue weighted by molar-refractivity contribution is -0.0898. The summed E-state index contributed by atoms with van der Waals surface area (Å²) in [5.41, 5.74) is 0.725. The van der Waals surface area contributed by atoms with Crippen molar-refractivity contribution in [2.24, 2.45) is 5.92 Å².